The van der Waals surface area contributed by atoms with Crippen molar-refractivity contribution in [3.63, 3.8) is 0 Å². The summed E-state index contributed by atoms with van der Waals surface area (Å²) in [7, 11) is 0. The average Bonchev–Trinajstić information content (AvgIpc) is 2.17. The molecule has 1 rings (SSSR count). The summed E-state index contributed by atoms with van der Waals surface area (Å²) in [4.78, 5) is 0. The van der Waals surface area contributed by atoms with Gasteiger partial charge in [0.15, 0.2) is 0 Å². The zero-order valence-electron chi connectivity index (χ0n) is 8.92. The van der Waals surface area contributed by atoms with Gasteiger partial charge in [-0.1, -0.05) is 24.1 Å². The maximum Gasteiger partial charge on any atom is 1.00 e. The third-order valence-electron chi connectivity index (χ3n) is 1.51. The van der Waals surface area contributed by atoms with Gasteiger partial charge in [0.1, 0.15) is 12.4 Å². The van der Waals surface area contributed by atoms with E-state index in [9.17, 15) is 12.9 Å². The number of halogens is 3. The Morgan fingerprint density at radius 2 is 1.69 bits per heavy atom. The summed E-state index contributed by atoms with van der Waals surface area (Å²) in [5, 5.41) is 0. The van der Waals surface area contributed by atoms with Crippen molar-refractivity contribution in [3.05, 3.63) is 30.3 Å². The van der Waals surface area contributed by atoms with Crippen LogP contribution in [0.2, 0.25) is 6.32 Å². The van der Waals surface area contributed by atoms with Crippen LogP contribution in [0.15, 0.2) is 30.3 Å². The molecule has 0 fully saturated rings. The normalized spacial score (nSPS) is 9.69. The van der Waals surface area contributed by atoms with Gasteiger partial charge >= 0.3 is 58.4 Å². The second-order valence-corrected chi connectivity index (χ2v) is 2.87. The van der Waals surface area contributed by atoms with Crippen molar-refractivity contribution in [2.24, 2.45) is 0 Å². The van der Waals surface area contributed by atoms with Crippen LogP contribution in [0.3, 0.4) is 0 Å². The van der Waals surface area contributed by atoms with E-state index in [2.05, 4.69) is 5.92 Å². The van der Waals surface area contributed by atoms with Gasteiger partial charge in [0.2, 0.25) is 0 Å². The Labute approximate surface area is 135 Å². The first-order valence-corrected chi connectivity index (χ1v) is 4.42. The fraction of sp³-hybridized carbons (Fsp3) is 0.200. The van der Waals surface area contributed by atoms with Crippen LogP contribution in [0.25, 0.3) is 0 Å². The molecule has 0 radical (unpaired) electrons. The third kappa shape index (κ3) is 8.25. The topological polar surface area (TPSA) is 9.23 Å². The molecule has 0 aromatic heterocycles. The molecule has 1 aromatic rings. The molecule has 0 spiro atoms. The Bertz CT molecular complexity index is 356. The minimum atomic E-state index is -4.80. The van der Waals surface area contributed by atoms with E-state index in [0.29, 0.717) is 5.75 Å². The molecule has 0 aliphatic rings. The zero-order chi connectivity index (χ0) is 11.1. The number of rotatable bonds is 3. The van der Waals surface area contributed by atoms with Crippen molar-refractivity contribution in [3.8, 4) is 17.6 Å². The van der Waals surface area contributed by atoms with E-state index < -0.39 is 13.3 Å². The fourth-order valence-corrected chi connectivity index (χ4v) is 0.875. The summed E-state index contributed by atoms with van der Waals surface area (Å²) in [5.41, 5.74) is 0. The standard InChI is InChI=1S/C10H9BF3O.K/c12-11(13,14)8-4-5-9-15-10-6-2-1-3-7-10;/h1-3,6-7H,8-9H2;/q-1;+1. The second-order valence-electron chi connectivity index (χ2n) is 2.87. The molecule has 1 nitrogen and oxygen atoms in total. The van der Waals surface area contributed by atoms with Crippen LogP contribution in [0.1, 0.15) is 0 Å². The van der Waals surface area contributed by atoms with Crippen LogP contribution >= 0.6 is 0 Å². The first kappa shape index (κ1) is 16.1. The number of para-hydroxylation sites is 1. The van der Waals surface area contributed by atoms with Gasteiger partial charge in [-0.2, -0.15) is 0 Å². The summed E-state index contributed by atoms with van der Waals surface area (Å²) in [5.74, 6) is 4.94. The molecule has 0 aliphatic carbocycles. The van der Waals surface area contributed by atoms with Crippen molar-refractivity contribution >= 4 is 6.98 Å². The smallest absolute Gasteiger partial charge is 0.481 e. The summed E-state index contributed by atoms with van der Waals surface area (Å²) in [6, 6.07) is 8.82. The van der Waals surface area contributed by atoms with Crippen LogP contribution in [0, 0.1) is 11.8 Å². The molecule has 0 heterocycles. The molecule has 0 aliphatic heterocycles. The number of hydrogen-bond donors (Lipinski definition) is 0. The van der Waals surface area contributed by atoms with Gasteiger partial charge in [0.25, 0.3) is 0 Å². The first-order chi connectivity index (χ1) is 7.08. The Balaban J connectivity index is 0.00000225. The Kier molecular flexibility index (Phi) is 8.24. The summed E-state index contributed by atoms with van der Waals surface area (Å²) in [6.07, 6.45) is -1.03. The van der Waals surface area contributed by atoms with Crippen LogP contribution < -0.4 is 56.1 Å². The molecule has 0 atom stereocenters. The van der Waals surface area contributed by atoms with E-state index in [1.54, 1.807) is 24.3 Å². The zero-order valence-corrected chi connectivity index (χ0v) is 12.0. The van der Waals surface area contributed by atoms with Gasteiger partial charge in [0.05, 0.1) is 0 Å². The van der Waals surface area contributed by atoms with Crippen LogP contribution in [-0.4, -0.2) is 13.6 Å². The maximum atomic E-state index is 11.7. The van der Waals surface area contributed by atoms with Crippen molar-refractivity contribution in [2.45, 2.75) is 6.32 Å². The molecule has 80 valence electrons. The molecular weight excluding hydrogens is 243 g/mol. The van der Waals surface area contributed by atoms with Gasteiger partial charge in [-0.15, -0.1) is 5.92 Å². The van der Waals surface area contributed by atoms with Crippen LogP contribution in [-0.2, 0) is 0 Å². The number of ether oxygens (including phenoxy) is 1. The minimum absolute atomic E-state index is 0. The van der Waals surface area contributed by atoms with Crippen molar-refractivity contribution in [1.82, 2.24) is 0 Å². The molecule has 1 aromatic carbocycles. The minimum Gasteiger partial charge on any atom is -0.481 e. The summed E-state index contributed by atoms with van der Waals surface area (Å²) in [6.45, 7) is -4.82. The third-order valence-corrected chi connectivity index (χ3v) is 1.51. The van der Waals surface area contributed by atoms with Gasteiger partial charge in [-0.25, -0.2) is 0 Å². The van der Waals surface area contributed by atoms with Crippen LogP contribution in [0.4, 0.5) is 12.9 Å². The monoisotopic (exact) mass is 252 g/mol. The quantitative estimate of drug-likeness (QED) is 0.540. The van der Waals surface area contributed by atoms with Gasteiger partial charge < -0.3 is 17.7 Å². The number of benzene rings is 1. The predicted octanol–water partition coefficient (Wildman–Crippen LogP) is -0.0798. The molecule has 16 heavy (non-hydrogen) atoms. The van der Waals surface area contributed by atoms with E-state index in [4.69, 9.17) is 4.74 Å². The summed E-state index contributed by atoms with van der Waals surface area (Å²) >= 11 is 0. The van der Waals surface area contributed by atoms with E-state index in [1.807, 2.05) is 12.0 Å². The van der Waals surface area contributed by atoms with E-state index in [0.717, 1.165) is 0 Å². The largest absolute Gasteiger partial charge is 1.00 e. The molecule has 0 saturated heterocycles. The van der Waals surface area contributed by atoms with E-state index >= 15 is 0 Å². The Hall–Kier alpha value is 0.0713. The molecule has 0 amide bonds. The van der Waals surface area contributed by atoms with Crippen molar-refractivity contribution in [1.29, 1.82) is 0 Å². The first-order valence-electron chi connectivity index (χ1n) is 4.42. The van der Waals surface area contributed by atoms with Crippen molar-refractivity contribution < 1.29 is 69.1 Å². The van der Waals surface area contributed by atoms with E-state index in [-0.39, 0.29) is 58.0 Å². The Morgan fingerprint density at radius 3 is 2.25 bits per heavy atom. The molecule has 0 unspecified atom stereocenters. The second kappa shape index (κ2) is 8.20. The SMILES string of the molecule is F[B-](F)(F)CC#CCOc1ccccc1.[K+]. The number of hydrogen-bond acceptors (Lipinski definition) is 1. The van der Waals surface area contributed by atoms with Crippen LogP contribution in [0.5, 0.6) is 5.75 Å². The van der Waals surface area contributed by atoms with Crippen molar-refractivity contribution in [2.75, 3.05) is 6.61 Å². The fourth-order valence-electron chi connectivity index (χ4n) is 0.875. The summed E-state index contributed by atoms with van der Waals surface area (Å²) < 4.78 is 40.3. The molecule has 0 N–H and O–H groups in total. The molecule has 0 bridgehead atoms. The predicted molar refractivity (Wildman–Crippen MR) is 53.6 cm³/mol. The maximum absolute atomic E-state index is 11.7. The molecular formula is C10H9BF3KO. The Morgan fingerprint density at radius 1 is 1.06 bits per heavy atom. The van der Waals surface area contributed by atoms with Gasteiger partial charge in [-0.3, -0.25) is 0 Å². The average molecular weight is 252 g/mol. The van der Waals surface area contributed by atoms with E-state index in [1.165, 1.54) is 0 Å². The van der Waals surface area contributed by atoms with Gasteiger partial charge in [-0.05, 0) is 18.5 Å². The molecule has 0 saturated carbocycles. The molecule has 6 heteroatoms. The van der Waals surface area contributed by atoms with Gasteiger partial charge in [0, 0.05) is 0 Å².